The average Bonchev–Trinajstić information content (AvgIpc) is 3.35. The molecule has 126 valence electrons. The number of sulfonamides is 1. The second-order valence-corrected chi connectivity index (χ2v) is 8.23. The van der Waals surface area contributed by atoms with Crippen molar-refractivity contribution in [1.29, 1.82) is 0 Å². The monoisotopic (exact) mass is 337 g/mol. The summed E-state index contributed by atoms with van der Waals surface area (Å²) in [7, 11) is -3.47. The van der Waals surface area contributed by atoms with Gasteiger partial charge in [0.2, 0.25) is 15.9 Å². The summed E-state index contributed by atoms with van der Waals surface area (Å²) in [6.45, 7) is 2.38. The summed E-state index contributed by atoms with van der Waals surface area (Å²) >= 11 is 0. The third-order valence-corrected chi connectivity index (χ3v) is 6.23. The lowest BCUT2D eigenvalue weighted by Crippen LogP contribution is -2.35. The van der Waals surface area contributed by atoms with Crippen LogP contribution in [-0.4, -0.2) is 34.0 Å². The highest BCUT2D eigenvalue weighted by molar-refractivity contribution is 7.89. The molecule has 2 unspecified atom stereocenters. The molecule has 1 aliphatic heterocycles. The Morgan fingerprint density at radius 3 is 2.43 bits per heavy atom. The molecule has 1 saturated heterocycles. The summed E-state index contributed by atoms with van der Waals surface area (Å²) in [6, 6.07) is 6.78. The van der Waals surface area contributed by atoms with Crippen LogP contribution in [0.15, 0.2) is 29.2 Å². The van der Waals surface area contributed by atoms with Gasteiger partial charge in [-0.2, -0.15) is 0 Å². The normalized spacial score (nSPS) is 25.2. The van der Waals surface area contributed by atoms with Crippen molar-refractivity contribution >= 4 is 15.9 Å². The maximum absolute atomic E-state index is 12.3. The van der Waals surface area contributed by atoms with Gasteiger partial charge in [0.05, 0.1) is 4.90 Å². The number of carbonyl (C=O) groups is 1. The van der Waals surface area contributed by atoms with Gasteiger partial charge in [-0.15, -0.1) is 0 Å². The van der Waals surface area contributed by atoms with E-state index < -0.39 is 10.0 Å². The first-order valence-corrected chi connectivity index (χ1v) is 9.55. The highest BCUT2D eigenvalue weighted by Gasteiger charge is 2.42. The van der Waals surface area contributed by atoms with Crippen molar-refractivity contribution in [1.82, 2.24) is 10.0 Å². The predicted octanol–water partition coefficient (Wildman–Crippen LogP) is 0.553. The van der Waals surface area contributed by atoms with Crippen LogP contribution in [0.25, 0.3) is 0 Å². The summed E-state index contributed by atoms with van der Waals surface area (Å²) in [4.78, 5) is 11.4. The van der Waals surface area contributed by atoms with Crippen LogP contribution in [0.3, 0.4) is 0 Å². The van der Waals surface area contributed by atoms with Crippen molar-refractivity contribution in [2.24, 2.45) is 17.6 Å². The van der Waals surface area contributed by atoms with Crippen LogP contribution in [-0.2, 0) is 14.8 Å². The number of hydrogen-bond acceptors (Lipinski definition) is 4. The van der Waals surface area contributed by atoms with Gasteiger partial charge in [0.1, 0.15) is 0 Å². The summed E-state index contributed by atoms with van der Waals surface area (Å²) in [5.41, 5.74) is 6.26. The van der Waals surface area contributed by atoms with Gasteiger partial charge < -0.3 is 11.1 Å². The molecular formula is C16H23N3O3S. The lowest BCUT2D eigenvalue weighted by molar-refractivity contribution is -0.119. The number of piperidine rings is 1. The highest BCUT2D eigenvalue weighted by Crippen LogP contribution is 2.47. The van der Waals surface area contributed by atoms with E-state index in [1.807, 2.05) is 0 Å². The number of rotatable bonds is 6. The molecule has 0 aromatic heterocycles. The smallest absolute Gasteiger partial charge is 0.240 e. The molecule has 2 fully saturated rings. The fourth-order valence-corrected chi connectivity index (χ4v) is 4.28. The molecule has 1 aromatic rings. The number of primary amides is 1. The van der Waals surface area contributed by atoms with E-state index in [4.69, 9.17) is 5.73 Å². The molecule has 6 nitrogen and oxygen atoms in total. The Kier molecular flexibility index (Phi) is 4.70. The number of nitrogens with two attached hydrogens (primary N) is 1. The highest BCUT2D eigenvalue weighted by atomic mass is 32.2. The molecule has 7 heteroatoms. The topological polar surface area (TPSA) is 101 Å². The SMILES string of the molecule is NC(=O)C1CC1c1ccc(S(=O)(=O)NCC2CCNCC2)cc1. The zero-order valence-electron chi connectivity index (χ0n) is 13.0. The van der Waals surface area contributed by atoms with E-state index in [0.717, 1.165) is 37.9 Å². The maximum Gasteiger partial charge on any atom is 0.240 e. The second-order valence-electron chi connectivity index (χ2n) is 6.47. The third-order valence-electron chi connectivity index (χ3n) is 4.80. The number of amides is 1. The molecule has 3 rings (SSSR count). The summed E-state index contributed by atoms with van der Waals surface area (Å²) < 4.78 is 27.4. The molecule has 0 bridgehead atoms. The molecule has 1 saturated carbocycles. The molecule has 1 aliphatic carbocycles. The van der Waals surface area contributed by atoms with Crippen LogP contribution >= 0.6 is 0 Å². The van der Waals surface area contributed by atoms with Crippen molar-refractivity contribution in [3.8, 4) is 0 Å². The van der Waals surface area contributed by atoms with Crippen molar-refractivity contribution in [3.63, 3.8) is 0 Å². The Hall–Kier alpha value is -1.44. The maximum atomic E-state index is 12.3. The predicted molar refractivity (Wildman–Crippen MR) is 87.3 cm³/mol. The molecule has 1 amide bonds. The van der Waals surface area contributed by atoms with E-state index in [2.05, 4.69) is 10.0 Å². The minimum atomic E-state index is -3.47. The number of carbonyl (C=O) groups excluding carboxylic acids is 1. The van der Waals surface area contributed by atoms with E-state index in [1.165, 1.54) is 0 Å². The van der Waals surface area contributed by atoms with Gasteiger partial charge in [-0.1, -0.05) is 12.1 Å². The molecule has 0 spiro atoms. The van der Waals surface area contributed by atoms with Crippen molar-refractivity contribution < 1.29 is 13.2 Å². The van der Waals surface area contributed by atoms with Gasteiger partial charge in [0.15, 0.2) is 0 Å². The van der Waals surface area contributed by atoms with Crippen molar-refractivity contribution in [2.45, 2.75) is 30.1 Å². The Balaban J connectivity index is 1.60. The Labute approximate surface area is 136 Å². The summed E-state index contributed by atoms with van der Waals surface area (Å²) in [6.07, 6.45) is 2.75. The van der Waals surface area contributed by atoms with Crippen LogP contribution in [0, 0.1) is 11.8 Å². The molecule has 0 radical (unpaired) electrons. The van der Waals surface area contributed by atoms with Crippen molar-refractivity contribution in [2.75, 3.05) is 19.6 Å². The summed E-state index contributed by atoms with van der Waals surface area (Å²) in [5, 5.41) is 3.27. The molecule has 1 heterocycles. The van der Waals surface area contributed by atoms with Crippen molar-refractivity contribution in [3.05, 3.63) is 29.8 Å². The van der Waals surface area contributed by atoms with E-state index in [1.54, 1.807) is 24.3 Å². The molecule has 2 aliphatic rings. The third kappa shape index (κ3) is 3.91. The second kappa shape index (κ2) is 6.59. The van der Waals surface area contributed by atoms with Gasteiger partial charge in [-0.3, -0.25) is 4.79 Å². The number of hydrogen-bond donors (Lipinski definition) is 3. The minimum absolute atomic E-state index is 0.101. The minimum Gasteiger partial charge on any atom is -0.369 e. The van der Waals surface area contributed by atoms with Gasteiger partial charge in [0.25, 0.3) is 0 Å². The van der Waals surface area contributed by atoms with Crippen LogP contribution in [0.5, 0.6) is 0 Å². The number of benzene rings is 1. The molecule has 23 heavy (non-hydrogen) atoms. The largest absolute Gasteiger partial charge is 0.369 e. The first-order chi connectivity index (χ1) is 11.0. The average molecular weight is 337 g/mol. The van der Waals surface area contributed by atoms with Gasteiger partial charge in [-0.25, -0.2) is 13.1 Å². The number of nitrogens with one attached hydrogen (secondary N) is 2. The van der Waals surface area contributed by atoms with Gasteiger partial charge >= 0.3 is 0 Å². The van der Waals surface area contributed by atoms with E-state index in [9.17, 15) is 13.2 Å². The Bertz CT molecular complexity index is 666. The fraction of sp³-hybridized carbons (Fsp3) is 0.562. The van der Waals surface area contributed by atoms with Crippen LogP contribution in [0.4, 0.5) is 0 Å². The van der Waals surface area contributed by atoms with Crippen LogP contribution in [0.1, 0.15) is 30.7 Å². The van der Waals surface area contributed by atoms with Crippen LogP contribution < -0.4 is 15.8 Å². The molecule has 4 N–H and O–H groups in total. The first kappa shape index (κ1) is 16.4. The zero-order valence-corrected chi connectivity index (χ0v) is 13.8. The molecular weight excluding hydrogens is 314 g/mol. The lowest BCUT2D eigenvalue weighted by atomic mass is 9.99. The fourth-order valence-electron chi connectivity index (χ4n) is 3.17. The molecule has 2 atom stereocenters. The van der Waals surface area contributed by atoms with Crippen LogP contribution in [0.2, 0.25) is 0 Å². The Morgan fingerprint density at radius 1 is 1.22 bits per heavy atom. The molecule has 1 aromatic carbocycles. The summed E-state index contributed by atoms with van der Waals surface area (Å²) in [5.74, 6) is 0.158. The van der Waals surface area contributed by atoms with E-state index in [-0.39, 0.29) is 22.6 Å². The van der Waals surface area contributed by atoms with Gasteiger partial charge in [0, 0.05) is 12.5 Å². The lowest BCUT2D eigenvalue weighted by Gasteiger charge is -2.22. The van der Waals surface area contributed by atoms with Gasteiger partial charge in [-0.05, 0) is 61.9 Å². The zero-order chi connectivity index (χ0) is 16.4. The van der Waals surface area contributed by atoms with E-state index >= 15 is 0 Å². The first-order valence-electron chi connectivity index (χ1n) is 8.07. The standard InChI is InChI=1S/C16H23N3O3S/c17-16(20)15-9-14(15)12-1-3-13(4-2-12)23(21,22)19-10-11-5-7-18-8-6-11/h1-4,11,14-15,18-19H,5-10H2,(H2,17,20). The van der Waals surface area contributed by atoms with E-state index in [0.29, 0.717) is 12.5 Å². The Morgan fingerprint density at radius 2 is 1.87 bits per heavy atom. The quantitative estimate of drug-likeness (QED) is 0.706.